The minimum Gasteiger partial charge on any atom is -0.382 e. The molecule has 4 heteroatoms. The largest absolute Gasteiger partial charge is 0.382 e. The molecular weight excluding hydrogens is 338 g/mol. The second kappa shape index (κ2) is 5.52. The Morgan fingerprint density at radius 1 is 1.05 bits per heavy atom. The highest BCUT2D eigenvalue weighted by atomic mass is 79.9. The summed E-state index contributed by atoms with van der Waals surface area (Å²) in [7, 11) is 0. The lowest BCUT2D eigenvalue weighted by molar-refractivity contribution is 0.215. The second-order valence-corrected chi connectivity index (χ2v) is 5.80. The van der Waals surface area contributed by atoms with E-state index in [1.165, 1.54) is 0 Å². The van der Waals surface area contributed by atoms with Crippen molar-refractivity contribution >= 4 is 38.4 Å². The van der Waals surface area contributed by atoms with E-state index in [0.717, 1.165) is 20.9 Å². The average Bonchev–Trinajstić information content (AvgIpc) is 2.46. The molecule has 0 radical (unpaired) electrons. The van der Waals surface area contributed by atoms with E-state index in [1.807, 2.05) is 42.5 Å². The molecule has 100 valence electrons. The third-order valence-corrected chi connectivity index (χ3v) is 4.00. The highest BCUT2D eigenvalue weighted by Gasteiger charge is 2.16. The van der Waals surface area contributed by atoms with Crippen LogP contribution in [0.5, 0.6) is 0 Å². The van der Waals surface area contributed by atoms with Gasteiger partial charge in [-0.05, 0) is 45.8 Å². The molecular formula is C16H11BrClNO. The van der Waals surface area contributed by atoms with Crippen LogP contribution in [0.15, 0.2) is 59.1 Å². The van der Waals surface area contributed by atoms with Crippen molar-refractivity contribution in [1.82, 2.24) is 4.98 Å². The predicted molar refractivity (Wildman–Crippen MR) is 85.0 cm³/mol. The Morgan fingerprint density at radius 2 is 1.85 bits per heavy atom. The Labute approximate surface area is 130 Å². The van der Waals surface area contributed by atoms with Crippen LogP contribution in [0.3, 0.4) is 0 Å². The standard InChI is InChI=1S/C16H11BrClNO/c17-13-9-10-4-1-2-7-14(10)19-15(13)16(20)11-5-3-6-12(18)8-11/h1-9,16,20H. The first-order valence-corrected chi connectivity index (χ1v) is 7.31. The molecule has 1 heterocycles. The first-order valence-electron chi connectivity index (χ1n) is 6.14. The summed E-state index contributed by atoms with van der Waals surface area (Å²) in [4.78, 5) is 4.54. The smallest absolute Gasteiger partial charge is 0.122 e. The van der Waals surface area contributed by atoms with Crippen molar-refractivity contribution in [3.05, 3.63) is 75.4 Å². The zero-order valence-electron chi connectivity index (χ0n) is 10.4. The third-order valence-electron chi connectivity index (χ3n) is 3.13. The van der Waals surface area contributed by atoms with Crippen LogP contribution >= 0.6 is 27.5 Å². The summed E-state index contributed by atoms with van der Waals surface area (Å²) >= 11 is 9.45. The molecule has 0 saturated heterocycles. The van der Waals surface area contributed by atoms with Gasteiger partial charge in [0.15, 0.2) is 0 Å². The van der Waals surface area contributed by atoms with Gasteiger partial charge in [0, 0.05) is 14.9 Å². The lowest BCUT2D eigenvalue weighted by Crippen LogP contribution is -2.03. The van der Waals surface area contributed by atoms with Crippen molar-refractivity contribution in [1.29, 1.82) is 0 Å². The molecule has 0 amide bonds. The van der Waals surface area contributed by atoms with E-state index < -0.39 is 6.10 Å². The molecule has 0 fully saturated rings. The van der Waals surface area contributed by atoms with E-state index in [1.54, 1.807) is 12.1 Å². The number of para-hydroxylation sites is 1. The molecule has 0 bridgehead atoms. The number of rotatable bonds is 2. The van der Waals surface area contributed by atoms with E-state index in [-0.39, 0.29) is 0 Å². The maximum Gasteiger partial charge on any atom is 0.122 e. The van der Waals surface area contributed by atoms with Crippen molar-refractivity contribution in [3.63, 3.8) is 0 Å². The van der Waals surface area contributed by atoms with E-state index in [4.69, 9.17) is 11.6 Å². The van der Waals surface area contributed by atoms with Crippen LogP contribution in [-0.2, 0) is 0 Å². The molecule has 20 heavy (non-hydrogen) atoms. The fourth-order valence-electron chi connectivity index (χ4n) is 2.13. The zero-order chi connectivity index (χ0) is 14.1. The predicted octanol–water partition coefficient (Wildman–Crippen LogP) is 4.73. The molecule has 1 aromatic heterocycles. The summed E-state index contributed by atoms with van der Waals surface area (Å²) in [6.45, 7) is 0. The Balaban J connectivity index is 2.11. The van der Waals surface area contributed by atoms with Crippen LogP contribution in [0.1, 0.15) is 17.4 Å². The number of aromatic nitrogens is 1. The fraction of sp³-hybridized carbons (Fsp3) is 0.0625. The number of pyridine rings is 1. The van der Waals surface area contributed by atoms with Crippen LogP contribution in [-0.4, -0.2) is 10.1 Å². The first-order chi connectivity index (χ1) is 9.65. The molecule has 1 atom stereocenters. The van der Waals surface area contributed by atoms with Crippen LogP contribution in [0.2, 0.25) is 5.02 Å². The van der Waals surface area contributed by atoms with Gasteiger partial charge in [0.25, 0.3) is 0 Å². The number of aliphatic hydroxyl groups excluding tert-OH is 1. The Bertz CT molecular complexity index is 775. The first kappa shape index (κ1) is 13.6. The maximum absolute atomic E-state index is 10.5. The normalized spacial score (nSPS) is 12.6. The quantitative estimate of drug-likeness (QED) is 0.726. The fourth-order valence-corrected chi connectivity index (χ4v) is 2.88. The summed E-state index contributed by atoms with van der Waals surface area (Å²) in [5.74, 6) is 0. The lowest BCUT2D eigenvalue weighted by atomic mass is 10.1. The monoisotopic (exact) mass is 347 g/mol. The number of hydrogen-bond acceptors (Lipinski definition) is 2. The van der Waals surface area contributed by atoms with Gasteiger partial charge < -0.3 is 5.11 Å². The number of nitrogens with zero attached hydrogens (tertiary/aromatic N) is 1. The van der Waals surface area contributed by atoms with Crippen LogP contribution in [0, 0.1) is 0 Å². The van der Waals surface area contributed by atoms with Gasteiger partial charge in [0.2, 0.25) is 0 Å². The van der Waals surface area contributed by atoms with Gasteiger partial charge in [-0.25, -0.2) is 4.98 Å². The SMILES string of the molecule is OC(c1cccc(Cl)c1)c1nc2ccccc2cc1Br. The highest BCUT2D eigenvalue weighted by Crippen LogP contribution is 2.30. The molecule has 2 nitrogen and oxygen atoms in total. The number of halogens is 2. The van der Waals surface area contributed by atoms with Crippen LogP contribution < -0.4 is 0 Å². The van der Waals surface area contributed by atoms with Gasteiger partial charge in [0.05, 0.1) is 11.2 Å². The van der Waals surface area contributed by atoms with Gasteiger partial charge in [-0.3, -0.25) is 0 Å². The van der Waals surface area contributed by atoms with Crippen molar-refractivity contribution in [2.75, 3.05) is 0 Å². The highest BCUT2D eigenvalue weighted by molar-refractivity contribution is 9.10. The number of fused-ring (bicyclic) bond motifs is 1. The van der Waals surface area contributed by atoms with Crippen molar-refractivity contribution in [3.8, 4) is 0 Å². The van der Waals surface area contributed by atoms with E-state index in [9.17, 15) is 5.11 Å². The molecule has 0 aliphatic heterocycles. The topological polar surface area (TPSA) is 33.1 Å². The Hall–Kier alpha value is -1.42. The number of hydrogen-bond donors (Lipinski definition) is 1. The average molecular weight is 349 g/mol. The maximum atomic E-state index is 10.5. The molecule has 0 aliphatic rings. The molecule has 1 N–H and O–H groups in total. The second-order valence-electron chi connectivity index (χ2n) is 4.51. The summed E-state index contributed by atoms with van der Waals surface area (Å²) in [6.07, 6.45) is -0.812. The minimum atomic E-state index is -0.812. The molecule has 0 aliphatic carbocycles. The van der Waals surface area contributed by atoms with Gasteiger partial charge in [0.1, 0.15) is 6.10 Å². The summed E-state index contributed by atoms with van der Waals surface area (Å²) in [5.41, 5.74) is 2.17. The third kappa shape index (κ3) is 2.57. The summed E-state index contributed by atoms with van der Waals surface area (Å²) in [5, 5.41) is 12.1. The molecule has 1 unspecified atom stereocenters. The molecule has 0 spiro atoms. The minimum absolute atomic E-state index is 0.589. The number of benzene rings is 2. The molecule has 3 rings (SSSR count). The molecule has 0 saturated carbocycles. The van der Waals surface area contributed by atoms with Crippen LogP contribution in [0.4, 0.5) is 0 Å². The summed E-state index contributed by atoms with van der Waals surface area (Å²) in [6, 6.07) is 16.9. The summed E-state index contributed by atoms with van der Waals surface area (Å²) < 4.78 is 0.781. The van der Waals surface area contributed by atoms with Crippen molar-refractivity contribution in [2.45, 2.75) is 6.10 Å². The van der Waals surface area contributed by atoms with Gasteiger partial charge in [-0.2, -0.15) is 0 Å². The molecule has 3 aromatic rings. The Morgan fingerprint density at radius 3 is 2.65 bits per heavy atom. The van der Waals surface area contributed by atoms with Gasteiger partial charge in [-0.15, -0.1) is 0 Å². The lowest BCUT2D eigenvalue weighted by Gasteiger charge is -2.13. The zero-order valence-corrected chi connectivity index (χ0v) is 12.8. The van der Waals surface area contributed by atoms with Gasteiger partial charge in [-0.1, -0.05) is 41.9 Å². The van der Waals surface area contributed by atoms with E-state index >= 15 is 0 Å². The van der Waals surface area contributed by atoms with Gasteiger partial charge >= 0.3 is 0 Å². The van der Waals surface area contributed by atoms with Crippen LogP contribution in [0.25, 0.3) is 10.9 Å². The van der Waals surface area contributed by atoms with Crippen molar-refractivity contribution < 1.29 is 5.11 Å². The Kier molecular flexibility index (Phi) is 3.74. The molecule has 2 aromatic carbocycles. The van der Waals surface area contributed by atoms with E-state index in [2.05, 4.69) is 20.9 Å². The van der Waals surface area contributed by atoms with E-state index in [0.29, 0.717) is 10.7 Å². The number of aliphatic hydroxyl groups is 1. The van der Waals surface area contributed by atoms with Crippen molar-refractivity contribution in [2.24, 2.45) is 0 Å².